The minimum absolute atomic E-state index is 0.417. The van der Waals surface area contributed by atoms with Crippen molar-refractivity contribution in [3.8, 4) is 0 Å². The van der Waals surface area contributed by atoms with E-state index in [0.717, 1.165) is 0 Å². The molecule has 0 fully saturated rings. The number of aliphatic hydroxyl groups excluding tert-OH is 1. The smallest absolute Gasteiger partial charge is 0.151 e. The second-order valence-corrected chi connectivity index (χ2v) is 2.51. The Bertz CT molecular complexity index is 67.4. The zero-order chi connectivity index (χ0) is 9.98. The lowest BCUT2D eigenvalue weighted by molar-refractivity contribution is -0.0413. The fourth-order valence-corrected chi connectivity index (χ4v) is 0.671. The summed E-state index contributed by atoms with van der Waals surface area (Å²) < 4.78 is 0. The largest absolute Gasteiger partial charge is 0.368 e. The Kier molecular flexibility index (Phi) is 13.1. The molecule has 0 atom stereocenters. The Morgan fingerprint density at radius 3 is 1.17 bits per heavy atom. The van der Waals surface area contributed by atoms with E-state index in [0.29, 0.717) is 6.42 Å². The minimum atomic E-state index is -1.12. The molecule has 0 unspecified atom stereocenters. The topological polar surface area (TPSA) is 43.7 Å². The quantitative estimate of drug-likeness (QED) is 0.631. The summed E-state index contributed by atoms with van der Waals surface area (Å²) in [6.07, 6.45) is -0.699. The molecule has 3 heteroatoms. The maximum absolute atomic E-state index is 7.92. The van der Waals surface area contributed by atoms with Gasteiger partial charge in [0.2, 0.25) is 0 Å². The van der Waals surface area contributed by atoms with Crippen LogP contribution in [-0.4, -0.2) is 41.0 Å². The summed E-state index contributed by atoms with van der Waals surface area (Å²) in [6, 6.07) is 0. The fraction of sp³-hybridized carbons (Fsp3) is 1.00. The van der Waals surface area contributed by atoms with E-state index in [9.17, 15) is 0 Å². The van der Waals surface area contributed by atoms with Crippen molar-refractivity contribution in [2.24, 2.45) is 0 Å². The lowest BCUT2D eigenvalue weighted by Crippen LogP contribution is -2.21. The molecule has 12 heavy (non-hydrogen) atoms. The molecule has 0 aliphatic carbocycles. The monoisotopic (exact) mass is 177 g/mol. The first-order valence-corrected chi connectivity index (χ1v) is 4.70. The lowest BCUT2D eigenvalue weighted by Gasteiger charge is -2.13. The summed E-state index contributed by atoms with van der Waals surface area (Å²) in [6.45, 7) is 11.8. The summed E-state index contributed by atoms with van der Waals surface area (Å²) in [5.41, 5.74) is 0. The Balaban J connectivity index is 0. The van der Waals surface area contributed by atoms with Crippen LogP contribution < -0.4 is 0 Å². The molecule has 0 aromatic rings. The number of hydrogen-bond donors (Lipinski definition) is 2. The van der Waals surface area contributed by atoms with Crippen molar-refractivity contribution in [2.75, 3.05) is 19.6 Å². The zero-order valence-corrected chi connectivity index (χ0v) is 8.75. The van der Waals surface area contributed by atoms with Gasteiger partial charge in [-0.1, -0.05) is 27.7 Å². The summed E-state index contributed by atoms with van der Waals surface area (Å²) >= 11 is 0. The fourth-order valence-electron chi connectivity index (χ4n) is 0.671. The molecule has 0 aliphatic heterocycles. The van der Waals surface area contributed by atoms with Gasteiger partial charge in [0.1, 0.15) is 0 Å². The molecule has 0 saturated heterocycles. The minimum Gasteiger partial charge on any atom is -0.368 e. The molecule has 0 saturated carbocycles. The maximum atomic E-state index is 7.92. The molecule has 0 radical (unpaired) electrons. The van der Waals surface area contributed by atoms with Crippen molar-refractivity contribution >= 4 is 0 Å². The van der Waals surface area contributed by atoms with Crippen LogP contribution in [0.15, 0.2) is 0 Å². The molecule has 76 valence electrons. The van der Waals surface area contributed by atoms with Crippen LogP contribution in [0.2, 0.25) is 0 Å². The van der Waals surface area contributed by atoms with Crippen molar-refractivity contribution in [1.82, 2.24) is 4.90 Å². The molecule has 0 spiro atoms. The summed E-state index contributed by atoms with van der Waals surface area (Å²) in [5.74, 6) is 0. The third kappa shape index (κ3) is 12.5. The second kappa shape index (κ2) is 10.9. The Labute approximate surface area is 76.0 Å². The highest BCUT2D eigenvalue weighted by molar-refractivity contribution is 4.43. The molecule has 2 N–H and O–H groups in total. The highest BCUT2D eigenvalue weighted by Crippen LogP contribution is 1.81. The van der Waals surface area contributed by atoms with Crippen molar-refractivity contribution in [3.63, 3.8) is 0 Å². The molecular weight excluding hydrogens is 154 g/mol. The van der Waals surface area contributed by atoms with Gasteiger partial charge >= 0.3 is 0 Å². The molecule has 0 heterocycles. The normalized spacial score (nSPS) is 10.0. The van der Waals surface area contributed by atoms with E-state index < -0.39 is 6.29 Å². The number of hydrogen-bond acceptors (Lipinski definition) is 3. The van der Waals surface area contributed by atoms with E-state index >= 15 is 0 Å². The van der Waals surface area contributed by atoms with Gasteiger partial charge in [-0.2, -0.15) is 0 Å². The maximum Gasteiger partial charge on any atom is 0.151 e. The van der Waals surface area contributed by atoms with Crippen LogP contribution >= 0.6 is 0 Å². The van der Waals surface area contributed by atoms with Crippen LogP contribution in [-0.2, 0) is 0 Å². The van der Waals surface area contributed by atoms with Crippen molar-refractivity contribution in [3.05, 3.63) is 0 Å². The van der Waals surface area contributed by atoms with E-state index in [2.05, 4.69) is 25.7 Å². The van der Waals surface area contributed by atoms with Gasteiger partial charge in [0.05, 0.1) is 0 Å². The van der Waals surface area contributed by atoms with Crippen LogP contribution in [0.25, 0.3) is 0 Å². The Hall–Kier alpha value is -0.120. The van der Waals surface area contributed by atoms with E-state index in [-0.39, 0.29) is 0 Å². The van der Waals surface area contributed by atoms with Crippen LogP contribution in [0.5, 0.6) is 0 Å². The van der Waals surface area contributed by atoms with E-state index in [4.69, 9.17) is 10.2 Å². The number of nitrogens with zero attached hydrogens (tertiary/aromatic N) is 1. The van der Waals surface area contributed by atoms with E-state index in [1.165, 1.54) is 19.6 Å². The molecule has 0 aromatic heterocycles. The predicted molar refractivity (Wildman–Crippen MR) is 52.0 cm³/mol. The first-order chi connectivity index (χ1) is 5.62. The first-order valence-electron chi connectivity index (χ1n) is 4.70. The summed E-state index contributed by atoms with van der Waals surface area (Å²) in [7, 11) is 0. The van der Waals surface area contributed by atoms with Gasteiger partial charge in [-0.25, -0.2) is 0 Å². The zero-order valence-electron chi connectivity index (χ0n) is 8.75. The SMILES string of the molecule is CCC(O)O.CCN(CC)CC. The van der Waals surface area contributed by atoms with Crippen LogP contribution in [0.4, 0.5) is 0 Å². The predicted octanol–water partition coefficient (Wildman–Crippen LogP) is 1.06. The van der Waals surface area contributed by atoms with Crippen molar-refractivity contribution in [2.45, 2.75) is 40.4 Å². The average molecular weight is 177 g/mol. The Morgan fingerprint density at radius 1 is 0.917 bits per heavy atom. The van der Waals surface area contributed by atoms with Crippen LogP contribution in [0.3, 0.4) is 0 Å². The molecule has 0 bridgehead atoms. The van der Waals surface area contributed by atoms with Gasteiger partial charge < -0.3 is 15.1 Å². The van der Waals surface area contributed by atoms with Crippen molar-refractivity contribution < 1.29 is 10.2 Å². The van der Waals surface area contributed by atoms with Crippen LogP contribution in [0.1, 0.15) is 34.1 Å². The van der Waals surface area contributed by atoms with E-state index in [1.807, 2.05) is 0 Å². The molecule has 0 rings (SSSR count). The van der Waals surface area contributed by atoms with Crippen LogP contribution in [0, 0.1) is 0 Å². The summed E-state index contributed by atoms with van der Waals surface area (Å²) in [5, 5.41) is 15.8. The number of rotatable bonds is 4. The average Bonchev–Trinajstić information content (AvgIpc) is 2.09. The molecular formula is C9H23NO2. The molecule has 3 nitrogen and oxygen atoms in total. The highest BCUT2D eigenvalue weighted by atomic mass is 16.5. The van der Waals surface area contributed by atoms with Gasteiger partial charge in [-0.05, 0) is 26.1 Å². The van der Waals surface area contributed by atoms with Gasteiger partial charge in [0.25, 0.3) is 0 Å². The highest BCUT2D eigenvalue weighted by Gasteiger charge is 1.89. The third-order valence-electron chi connectivity index (χ3n) is 1.71. The lowest BCUT2D eigenvalue weighted by atomic mass is 10.5. The molecule has 0 amide bonds. The van der Waals surface area contributed by atoms with Gasteiger partial charge in [-0.15, -0.1) is 0 Å². The second-order valence-electron chi connectivity index (χ2n) is 2.51. The molecule has 0 aliphatic rings. The molecule has 0 aromatic carbocycles. The first kappa shape index (κ1) is 14.4. The van der Waals surface area contributed by atoms with Gasteiger partial charge in [-0.3, -0.25) is 0 Å². The standard InChI is InChI=1S/C6H15N.C3H8O2/c1-4-7(5-2)6-3;1-2-3(4)5/h4-6H2,1-3H3;3-5H,2H2,1H3. The van der Waals surface area contributed by atoms with E-state index in [1.54, 1.807) is 6.92 Å². The van der Waals surface area contributed by atoms with Crippen molar-refractivity contribution in [1.29, 1.82) is 0 Å². The third-order valence-corrected chi connectivity index (χ3v) is 1.71. The van der Waals surface area contributed by atoms with Gasteiger partial charge in [0, 0.05) is 0 Å². The number of aliphatic hydroxyl groups is 2. The van der Waals surface area contributed by atoms with Gasteiger partial charge in [0.15, 0.2) is 6.29 Å². The Morgan fingerprint density at radius 2 is 1.17 bits per heavy atom. The summed E-state index contributed by atoms with van der Waals surface area (Å²) in [4.78, 5) is 2.38.